The molecule has 0 saturated heterocycles. The molecule has 1 unspecified atom stereocenters. The summed E-state index contributed by atoms with van der Waals surface area (Å²) in [6.07, 6.45) is 7.31. The smallest absolute Gasteiger partial charge is 0.126 e. The zero-order valence-corrected chi connectivity index (χ0v) is 16.1. The third-order valence-corrected chi connectivity index (χ3v) is 4.72. The number of rotatable bonds is 10. The highest BCUT2D eigenvalue weighted by Crippen LogP contribution is 2.25. The molecule has 148 valence electrons. The van der Waals surface area contributed by atoms with Gasteiger partial charge in [-0.1, -0.05) is 37.6 Å². The van der Waals surface area contributed by atoms with E-state index >= 15 is 0 Å². The van der Waals surface area contributed by atoms with Crippen LogP contribution in [-0.4, -0.2) is 18.0 Å². The van der Waals surface area contributed by atoms with Crippen LogP contribution in [0.1, 0.15) is 31.7 Å². The van der Waals surface area contributed by atoms with Gasteiger partial charge < -0.3 is 16.6 Å². The van der Waals surface area contributed by atoms with Crippen LogP contribution in [0.4, 0.5) is 8.78 Å². The molecule has 4 N–H and O–H groups in total. The van der Waals surface area contributed by atoms with Gasteiger partial charge in [0.05, 0.1) is 0 Å². The molecule has 2 aromatic rings. The first-order valence-electron chi connectivity index (χ1n) is 9.48. The Morgan fingerprint density at radius 2 is 1.82 bits per heavy atom. The van der Waals surface area contributed by atoms with E-state index in [2.05, 4.69) is 6.92 Å². The van der Waals surface area contributed by atoms with Crippen LogP contribution in [-0.2, 0) is 6.42 Å². The van der Waals surface area contributed by atoms with Gasteiger partial charge in [0.25, 0.3) is 0 Å². The zero-order valence-electron chi connectivity index (χ0n) is 16.1. The second-order valence-corrected chi connectivity index (χ2v) is 7.03. The van der Waals surface area contributed by atoms with Crippen molar-refractivity contribution in [2.24, 2.45) is 11.7 Å². The van der Waals surface area contributed by atoms with E-state index in [1.807, 2.05) is 24.3 Å². The summed E-state index contributed by atoms with van der Waals surface area (Å²) in [7, 11) is 0. The number of nitrogens with one attached hydrogen (secondary N) is 2. The summed E-state index contributed by atoms with van der Waals surface area (Å²) in [6, 6.07) is 11.1. The van der Waals surface area contributed by atoms with E-state index in [1.54, 1.807) is 6.08 Å². The van der Waals surface area contributed by atoms with Crippen molar-refractivity contribution in [3.63, 3.8) is 0 Å². The van der Waals surface area contributed by atoms with Crippen molar-refractivity contribution in [3.05, 3.63) is 71.8 Å². The van der Waals surface area contributed by atoms with Gasteiger partial charge in [0, 0.05) is 24.0 Å². The zero-order chi connectivity index (χ0) is 20.5. The van der Waals surface area contributed by atoms with E-state index in [0.29, 0.717) is 24.1 Å². The molecule has 0 spiro atoms. The van der Waals surface area contributed by atoms with Gasteiger partial charge in [0.2, 0.25) is 0 Å². The number of hydrogen-bond acceptors (Lipinski definition) is 3. The quantitative estimate of drug-likeness (QED) is 0.463. The minimum atomic E-state index is -0.602. The van der Waals surface area contributed by atoms with E-state index < -0.39 is 11.6 Å². The first-order chi connectivity index (χ1) is 13.4. The van der Waals surface area contributed by atoms with Crippen molar-refractivity contribution in [1.82, 2.24) is 0 Å². The molecule has 5 heteroatoms. The van der Waals surface area contributed by atoms with Crippen LogP contribution in [0, 0.1) is 28.4 Å². The summed E-state index contributed by atoms with van der Waals surface area (Å²) in [5, 5.41) is 15.2. The minimum absolute atomic E-state index is 0.0472. The van der Waals surface area contributed by atoms with Crippen LogP contribution in [0.25, 0.3) is 11.1 Å². The number of hydrogen-bond donors (Lipinski definition) is 3. The Labute approximate surface area is 165 Å². The summed E-state index contributed by atoms with van der Waals surface area (Å²) < 4.78 is 27.1. The molecule has 0 aliphatic carbocycles. The Bertz CT molecular complexity index is 825. The first kappa shape index (κ1) is 21.6. The van der Waals surface area contributed by atoms with E-state index in [0.717, 1.165) is 36.2 Å². The van der Waals surface area contributed by atoms with E-state index in [4.69, 9.17) is 16.6 Å². The molecule has 0 bridgehead atoms. The van der Waals surface area contributed by atoms with Gasteiger partial charge in [-0.05, 0) is 66.2 Å². The summed E-state index contributed by atoms with van der Waals surface area (Å²) in [5.41, 5.74) is 9.07. The van der Waals surface area contributed by atoms with Crippen molar-refractivity contribution < 1.29 is 8.78 Å². The summed E-state index contributed by atoms with van der Waals surface area (Å²) in [6.45, 7) is 2.08. The van der Waals surface area contributed by atoms with E-state index in [1.165, 1.54) is 18.2 Å². The van der Waals surface area contributed by atoms with Crippen LogP contribution in [0.15, 0.2) is 54.6 Å². The minimum Gasteiger partial charge on any atom is -0.327 e. The van der Waals surface area contributed by atoms with Gasteiger partial charge in [-0.15, -0.1) is 0 Å². The lowest BCUT2D eigenvalue weighted by molar-refractivity contribution is 0.405. The highest BCUT2D eigenvalue weighted by atomic mass is 19.1. The van der Waals surface area contributed by atoms with Gasteiger partial charge in [-0.2, -0.15) is 0 Å². The predicted octanol–water partition coefficient (Wildman–Crippen LogP) is 5.53. The Kier molecular flexibility index (Phi) is 8.20. The van der Waals surface area contributed by atoms with Gasteiger partial charge >= 0.3 is 0 Å². The molecule has 0 aliphatic rings. The third-order valence-electron chi connectivity index (χ3n) is 4.72. The number of benzene rings is 2. The van der Waals surface area contributed by atoms with Gasteiger partial charge in [-0.3, -0.25) is 0 Å². The Balaban J connectivity index is 2.24. The lowest BCUT2D eigenvalue weighted by atomic mass is 9.85. The maximum absolute atomic E-state index is 13.6. The van der Waals surface area contributed by atoms with Gasteiger partial charge in [-0.25, -0.2) is 8.78 Å². The van der Waals surface area contributed by atoms with Crippen LogP contribution in [0.5, 0.6) is 0 Å². The predicted molar refractivity (Wildman–Crippen MR) is 112 cm³/mol. The van der Waals surface area contributed by atoms with Crippen molar-refractivity contribution >= 4 is 11.9 Å². The Hall–Kier alpha value is -2.66. The monoisotopic (exact) mass is 383 g/mol. The molecule has 2 aromatic carbocycles. The standard InChI is InChI=1S/C23H27F2N3/c1-2-5-23(28)19(14-22(27)8-4-9-26)11-16-6-3-7-17(10-16)18-12-20(24)15-21(25)13-18/h3-4,6-10,12-13,15,19,23,26-27H,2,5,11,14,28H2,1H3/b8-4-,26-9?,27-22?/t19-,23?/m1/s1. The third kappa shape index (κ3) is 6.50. The van der Waals surface area contributed by atoms with Crippen LogP contribution < -0.4 is 5.73 Å². The Morgan fingerprint density at radius 1 is 1.11 bits per heavy atom. The summed E-state index contributed by atoms with van der Waals surface area (Å²) >= 11 is 0. The van der Waals surface area contributed by atoms with Crippen molar-refractivity contribution in [2.75, 3.05) is 0 Å². The second kappa shape index (κ2) is 10.6. The topological polar surface area (TPSA) is 73.7 Å². The molecular formula is C23H27F2N3. The molecule has 0 aromatic heterocycles. The second-order valence-electron chi connectivity index (χ2n) is 7.03. The van der Waals surface area contributed by atoms with E-state index in [-0.39, 0.29) is 12.0 Å². The maximum atomic E-state index is 13.6. The fraction of sp³-hybridized carbons (Fsp3) is 0.304. The van der Waals surface area contributed by atoms with E-state index in [9.17, 15) is 8.78 Å². The normalized spacial score (nSPS) is 13.4. The molecule has 0 amide bonds. The average Bonchev–Trinajstić information content (AvgIpc) is 2.65. The lowest BCUT2D eigenvalue weighted by Crippen LogP contribution is -2.32. The molecule has 2 rings (SSSR count). The van der Waals surface area contributed by atoms with Crippen LogP contribution >= 0.6 is 0 Å². The van der Waals surface area contributed by atoms with Crippen molar-refractivity contribution in [1.29, 1.82) is 10.8 Å². The van der Waals surface area contributed by atoms with Crippen LogP contribution in [0.3, 0.4) is 0 Å². The molecule has 0 saturated carbocycles. The summed E-state index contributed by atoms with van der Waals surface area (Å²) in [5.74, 6) is -1.13. The van der Waals surface area contributed by atoms with Crippen molar-refractivity contribution in [2.45, 2.75) is 38.6 Å². The lowest BCUT2D eigenvalue weighted by Gasteiger charge is -2.24. The molecule has 3 nitrogen and oxygen atoms in total. The average molecular weight is 383 g/mol. The molecular weight excluding hydrogens is 356 g/mol. The molecule has 0 radical (unpaired) electrons. The molecule has 28 heavy (non-hydrogen) atoms. The number of allylic oxidation sites excluding steroid dienone is 2. The summed E-state index contributed by atoms with van der Waals surface area (Å²) in [4.78, 5) is 0. The number of nitrogens with two attached hydrogens (primary N) is 1. The largest absolute Gasteiger partial charge is 0.327 e. The Morgan fingerprint density at radius 3 is 2.46 bits per heavy atom. The molecule has 2 atom stereocenters. The molecule has 0 aliphatic heterocycles. The molecule has 0 heterocycles. The van der Waals surface area contributed by atoms with Gasteiger partial charge in [0.15, 0.2) is 0 Å². The fourth-order valence-corrected chi connectivity index (χ4v) is 3.36. The van der Waals surface area contributed by atoms with Crippen LogP contribution in [0.2, 0.25) is 0 Å². The first-order valence-corrected chi connectivity index (χ1v) is 9.48. The molecule has 0 fully saturated rings. The van der Waals surface area contributed by atoms with Crippen molar-refractivity contribution in [3.8, 4) is 11.1 Å². The highest BCUT2D eigenvalue weighted by Gasteiger charge is 2.19. The highest BCUT2D eigenvalue weighted by molar-refractivity contribution is 5.95. The maximum Gasteiger partial charge on any atom is 0.126 e. The fourth-order valence-electron chi connectivity index (χ4n) is 3.36. The van der Waals surface area contributed by atoms with Gasteiger partial charge in [0.1, 0.15) is 11.6 Å². The SMILES string of the molecule is CCCC(N)[C@@H](CC(=N)/C=C\C=N)Cc1cccc(-c2cc(F)cc(F)c2)c1. The number of halogens is 2.